The van der Waals surface area contributed by atoms with Crippen molar-refractivity contribution in [3.63, 3.8) is 0 Å². The second-order valence-corrected chi connectivity index (χ2v) is 6.99. The summed E-state index contributed by atoms with van der Waals surface area (Å²) in [5, 5.41) is 0. The van der Waals surface area contributed by atoms with Gasteiger partial charge in [-0.25, -0.2) is 0 Å². The van der Waals surface area contributed by atoms with Crippen LogP contribution in [0.4, 0.5) is 4.39 Å². The van der Waals surface area contributed by atoms with Crippen LogP contribution in [0.25, 0.3) is 0 Å². The summed E-state index contributed by atoms with van der Waals surface area (Å²) in [6.07, 6.45) is 15.5. The molecule has 112 valence electrons. The van der Waals surface area contributed by atoms with Gasteiger partial charge < -0.3 is 5.73 Å². The molecule has 2 saturated carbocycles. The first-order valence-electron chi connectivity index (χ1n) is 8.61. The van der Waals surface area contributed by atoms with Crippen LogP contribution in [0.1, 0.15) is 77.0 Å². The third-order valence-electron chi connectivity index (χ3n) is 5.62. The van der Waals surface area contributed by atoms with Crippen molar-refractivity contribution >= 4 is 0 Å². The molecule has 2 aliphatic carbocycles. The third kappa shape index (κ3) is 5.06. The number of hydrogen-bond acceptors (Lipinski definition) is 1. The predicted molar refractivity (Wildman–Crippen MR) is 79.8 cm³/mol. The van der Waals surface area contributed by atoms with Crippen molar-refractivity contribution in [3.05, 3.63) is 0 Å². The average molecular weight is 269 g/mol. The van der Waals surface area contributed by atoms with E-state index >= 15 is 0 Å². The highest BCUT2D eigenvalue weighted by Crippen LogP contribution is 2.40. The van der Waals surface area contributed by atoms with Gasteiger partial charge in [0.1, 0.15) is 0 Å². The topological polar surface area (TPSA) is 26.0 Å². The molecule has 0 spiro atoms. The predicted octanol–water partition coefficient (Wildman–Crippen LogP) is 4.84. The monoisotopic (exact) mass is 269 g/mol. The molecule has 0 heterocycles. The normalized spacial score (nSPS) is 36.3. The van der Waals surface area contributed by atoms with Gasteiger partial charge in [0.25, 0.3) is 0 Å². The largest absolute Gasteiger partial charge is 0.328 e. The van der Waals surface area contributed by atoms with Crippen molar-refractivity contribution < 1.29 is 4.39 Å². The van der Waals surface area contributed by atoms with E-state index in [4.69, 9.17) is 5.73 Å². The second kappa shape index (κ2) is 8.24. The number of rotatable bonds is 6. The molecule has 2 heteroatoms. The number of hydrogen-bond donors (Lipinski definition) is 1. The van der Waals surface area contributed by atoms with Crippen LogP contribution in [0, 0.1) is 17.8 Å². The van der Waals surface area contributed by atoms with Gasteiger partial charge in [0.05, 0.1) is 6.67 Å². The number of halogens is 1. The Balaban J connectivity index is 1.59. The molecule has 0 aromatic rings. The Morgan fingerprint density at radius 3 is 1.89 bits per heavy atom. The van der Waals surface area contributed by atoms with Gasteiger partial charge >= 0.3 is 0 Å². The molecule has 0 aromatic heterocycles. The molecule has 2 fully saturated rings. The average Bonchev–Trinajstić information content (AvgIpc) is 2.45. The number of nitrogens with two attached hydrogens (primary N) is 1. The van der Waals surface area contributed by atoms with Gasteiger partial charge in [0.15, 0.2) is 0 Å². The summed E-state index contributed by atoms with van der Waals surface area (Å²) < 4.78 is 12.0. The summed E-state index contributed by atoms with van der Waals surface area (Å²) in [4.78, 5) is 0. The summed E-state index contributed by atoms with van der Waals surface area (Å²) in [6.45, 7) is -0.128. The highest BCUT2D eigenvalue weighted by Gasteiger charge is 2.29. The molecule has 0 amide bonds. The zero-order valence-electron chi connectivity index (χ0n) is 12.5. The van der Waals surface area contributed by atoms with E-state index in [1.54, 1.807) is 0 Å². The van der Waals surface area contributed by atoms with Crippen LogP contribution in [0.3, 0.4) is 0 Å². The molecule has 0 saturated heterocycles. The molecular weight excluding hydrogens is 237 g/mol. The Labute approximate surface area is 118 Å². The molecule has 0 radical (unpaired) electrons. The maximum Gasteiger partial charge on any atom is 0.0894 e. The molecular formula is C17H32FN. The number of alkyl halides is 1. The van der Waals surface area contributed by atoms with Gasteiger partial charge in [0.2, 0.25) is 0 Å². The van der Waals surface area contributed by atoms with Crippen molar-refractivity contribution in [1.82, 2.24) is 0 Å². The zero-order chi connectivity index (χ0) is 13.5. The molecule has 2 aliphatic rings. The van der Waals surface area contributed by atoms with Crippen molar-refractivity contribution in [3.8, 4) is 0 Å². The molecule has 2 N–H and O–H groups in total. The molecule has 19 heavy (non-hydrogen) atoms. The van der Waals surface area contributed by atoms with Crippen LogP contribution in [0.15, 0.2) is 0 Å². The van der Waals surface area contributed by atoms with Gasteiger partial charge in [-0.3, -0.25) is 4.39 Å². The first-order chi connectivity index (χ1) is 9.29. The van der Waals surface area contributed by atoms with Crippen LogP contribution in [0.2, 0.25) is 0 Å². The quantitative estimate of drug-likeness (QED) is 0.686. The van der Waals surface area contributed by atoms with Gasteiger partial charge in [-0.15, -0.1) is 0 Å². The molecule has 2 rings (SSSR count). The lowest BCUT2D eigenvalue weighted by Crippen LogP contribution is -2.31. The molecule has 1 nitrogen and oxygen atoms in total. The Hall–Kier alpha value is -0.110. The summed E-state index contributed by atoms with van der Waals surface area (Å²) in [7, 11) is 0. The van der Waals surface area contributed by atoms with E-state index in [9.17, 15) is 4.39 Å². The maximum atomic E-state index is 12.0. The smallest absolute Gasteiger partial charge is 0.0894 e. The summed E-state index contributed by atoms with van der Waals surface area (Å²) in [5.41, 5.74) is 6.00. The Morgan fingerprint density at radius 2 is 1.32 bits per heavy atom. The van der Waals surface area contributed by atoms with Gasteiger partial charge in [-0.05, 0) is 62.7 Å². The molecule has 0 atom stereocenters. The van der Waals surface area contributed by atoms with Gasteiger partial charge in [0, 0.05) is 6.04 Å². The molecule has 0 unspecified atom stereocenters. The fraction of sp³-hybridized carbons (Fsp3) is 1.00. The van der Waals surface area contributed by atoms with Crippen molar-refractivity contribution in [2.45, 2.75) is 83.1 Å². The molecule has 0 aromatic carbocycles. The van der Waals surface area contributed by atoms with E-state index in [0.717, 1.165) is 30.6 Å². The Kier molecular flexibility index (Phi) is 6.63. The van der Waals surface area contributed by atoms with Crippen molar-refractivity contribution in [1.29, 1.82) is 0 Å². The standard InChI is InChI=1S/C17H32FN/c18-13-3-1-2-4-14-5-7-15(8-6-14)16-9-11-17(19)12-10-16/h14-17H,1-13,19H2. The van der Waals surface area contributed by atoms with Crippen LogP contribution in [0.5, 0.6) is 0 Å². The van der Waals surface area contributed by atoms with E-state index in [1.807, 2.05) is 0 Å². The summed E-state index contributed by atoms with van der Waals surface area (Å²) >= 11 is 0. The van der Waals surface area contributed by atoms with E-state index in [-0.39, 0.29) is 6.67 Å². The minimum Gasteiger partial charge on any atom is -0.328 e. The van der Waals surface area contributed by atoms with Gasteiger partial charge in [-0.1, -0.05) is 32.1 Å². The Bertz CT molecular complexity index is 227. The van der Waals surface area contributed by atoms with Crippen LogP contribution < -0.4 is 5.73 Å². The van der Waals surface area contributed by atoms with Crippen molar-refractivity contribution in [2.24, 2.45) is 23.5 Å². The third-order valence-corrected chi connectivity index (χ3v) is 5.62. The van der Waals surface area contributed by atoms with E-state index in [2.05, 4.69) is 0 Å². The molecule has 0 bridgehead atoms. The lowest BCUT2D eigenvalue weighted by Gasteiger charge is -2.37. The first kappa shape index (κ1) is 15.3. The lowest BCUT2D eigenvalue weighted by molar-refractivity contribution is 0.156. The fourth-order valence-corrected chi connectivity index (χ4v) is 4.27. The lowest BCUT2D eigenvalue weighted by atomic mass is 9.70. The SMILES string of the molecule is NC1CCC(C2CCC(CCCCCF)CC2)CC1. The number of unbranched alkanes of at least 4 members (excludes halogenated alkanes) is 2. The Morgan fingerprint density at radius 1 is 0.737 bits per heavy atom. The molecule has 0 aliphatic heterocycles. The van der Waals surface area contributed by atoms with Gasteiger partial charge in [-0.2, -0.15) is 0 Å². The minimum absolute atomic E-state index is 0.128. The zero-order valence-corrected chi connectivity index (χ0v) is 12.5. The van der Waals surface area contributed by atoms with E-state index < -0.39 is 0 Å². The highest BCUT2D eigenvalue weighted by atomic mass is 19.1. The van der Waals surface area contributed by atoms with E-state index in [1.165, 1.54) is 64.2 Å². The fourth-order valence-electron chi connectivity index (χ4n) is 4.27. The maximum absolute atomic E-state index is 12.0. The first-order valence-corrected chi connectivity index (χ1v) is 8.61. The summed E-state index contributed by atoms with van der Waals surface area (Å²) in [5.74, 6) is 2.92. The van der Waals surface area contributed by atoms with E-state index in [0.29, 0.717) is 6.04 Å². The minimum atomic E-state index is -0.128. The van der Waals surface area contributed by atoms with Crippen LogP contribution >= 0.6 is 0 Å². The highest BCUT2D eigenvalue weighted by molar-refractivity contribution is 4.82. The van der Waals surface area contributed by atoms with Crippen LogP contribution in [-0.2, 0) is 0 Å². The summed E-state index contributed by atoms with van der Waals surface area (Å²) in [6, 6.07) is 0.489. The second-order valence-electron chi connectivity index (χ2n) is 6.99. The van der Waals surface area contributed by atoms with Crippen LogP contribution in [-0.4, -0.2) is 12.7 Å². The van der Waals surface area contributed by atoms with Crippen molar-refractivity contribution in [2.75, 3.05) is 6.67 Å².